The van der Waals surface area contributed by atoms with Gasteiger partial charge in [-0.15, -0.1) is 0 Å². The van der Waals surface area contributed by atoms with E-state index in [1.54, 1.807) is 12.1 Å². The molecule has 0 aliphatic carbocycles. The number of nitrogens with two attached hydrogens (primary N) is 1. The minimum atomic E-state index is 0.0872. The summed E-state index contributed by atoms with van der Waals surface area (Å²) in [6.07, 6.45) is 2.83. The minimum absolute atomic E-state index is 0.0872. The zero-order valence-electron chi connectivity index (χ0n) is 12.3. The van der Waals surface area contributed by atoms with E-state index in [0.29, 0.717) is 30.7 Å². The lowest BCUT2D eigenvalue weighted by molar-refractivity contribution is -0.123. The summed E-state index contributed by atoms with van der Waals surface area (Å²) in [6, 6.07) is 7.56. The minimum Gasteiger partial charge on any atom is -0.493 e. The molecule has 5 heteroatoms. The Hall–Kier alpha value is -1.75. The summed E-state index contributed by atoms with van der Waals surface area (Å²) in [5.74, 6) is 1.50. The van der Waals surface area contributed by atoms with E-state index in [4.69, 9.17) is 10.5 Å². The molecule has 1 aromatic rings. The SMILES string of the molecule is Nc1ccc(OCCC(=O)NC2CN3CCC2CC3)cc1. The van der Waals surface area contributed by atoms with Crippen molar-refractivity contribution in [1.29, 1.82) is 0 Å². The third-order valence-corrected chi connectivity index (χ3v) is 4.48. The molecule has 1 atom stereocenters. The van der Waals surface area contributed by atoms with Gasteiger partial charge in [-0.05, 0) is 56.1 Å². The molecule has 0 radical (unpaired) electrons. The van der Waals surface area contributed by atoms with Crippen molar-refractivity contribution in [3.63, 3.8) is 0 Å². The molecule has 3 N–H and O–H groups in total. The Morgan fingerprint density at radius 2 is 2.00 bits per heavy atom. The number of benzene rings is 1. The van der Waals surface area contributed by atoms with E-state index in [2.05, 4.69) is 10.2 Å². The highest BCUT2D eigenvalue weighted by atomic mass is 16.5. The predicted molar refractivity (Wildman–Crippen MR) is 82.1 cm³/mol. The van der Waals surface area contributed by atoms with Gasteiger partial charge in [0.15, 0.2) is 0 Å². The monoisotopic (exact) mass is 289 g/mol. The number of nitrogens with one attached hydrogen (secondary N) is 1. The van der Waals surface area contributed by atoms with Crippen LogP contribution in [0.15, 0.2) is 24.3 Å². The highest BCUT2D eigenvalue weighted by Gasteiger charge is 2.34. The molecule has 4 rings (SSSR count). The molecule has 21 heavy (non-hydrogen) atoms. The predicted octanol–water partition coefficient (Wildman–Crippen LogP) is 1.25. The molecule has 5 nitrogen and oxygen atoms in total. The van der Waals surface area contributed by atoms with Gasteiger partial charge in [0.2, 0.25) is 5.91 Å². The van der Waals surface area contributed by atoms with Gasteiger partial charge in [-0.1, -0.05) is 0 Å². The van der Waals surface area contributed by atoms with Crippen molar-refractivity contribution in [3.05, 3.63) is 24.3 Å². The molecule has 0 saturated carbocycles. The summed E-state index contributed by atoms with van der Waals surface area (Å²) in [5.41, 5.74) is 6.32. The number of piperidine rings is 3. The molecule has 1 amide bonds. The first-order valence-electron chi connectivity index (χ1n) is 7.71. The number of rotatable bonds is 5. The summed E-state index contributed by atoms with van der Waals surface area (Å²) in [6.45, 7) is 3.79. The maximum atomic E-state index is 12.0. The quantitative estimate of drug-likeness (QED) is 0.801. The maximum Gasteiger partial charge on any atom is 0.223 e. The van der Waals surface area contributed by atoms with Crippen LogP contribution in [0.4, 0.5) is 5.69 Å². The van der Waals surface area contributed by atoms with Crippen LogP contribution in [-0.2, 0) is 4.79 Å². The Bertz CT molecular complexity index is 481. The van der Waals surface area contributed by atoms with Crippen LogP contribution in [0.3, 0.4) is 0 Å². The van der Waals surface area contributed by atoms with Crippen LogP contribution in [0.2, 0.25) is 0 Å². The number of nitrogen functional groups attached to an aromatic ring is 1. The van der Waals surface area contributed by atoms with E-state index in [9.17, 15) is 4.79 Å². The second kappa shape index (κ2) is 6.35. The Labute approximate surface area is 125 Å². The number of anilines is 1. The summed E-state index contributed by atoms with van der Waals surface area (Å²) in [5, 5.41) is 3.17. The van der Waals surface area contributed by atoms with Crippen LogP contribution in [0, 0.1) is 5.92 Å². The zero-order chi connectivity index (χ0) is 14.7. The van der Waals surface area contributed by atoms with E-state index >= 15 is 0 Å². The van der Waals surface area contributed by atoms with E-state index in [0.717, 1.165) is 12.3 Å². The molecule has 0 spiro atoms. The van der Waals surface area contributed by atoms with Crippen molar-refractivity contribution in [3.8, 4) is 5.75 Å². The van der Waals surface area contributed by atoms with Crippen molar-refractivity contribution < 1.29 is 9.53 Å². The van der Waals surface area contributed by atoms with E-state index in [-0.39, 0.29) is 5.91 Å². The standard InChI is InChI=1S/C16H23N3O2/c17-13-1-3-14(4-2-13)21-10-7-16(20)18-15-11-19-8-5-12(15)6-9-19/h1-4,12,15H,5-11,17H2,(H,18,20). The van der Waals surface area contributed by atoms with Gasteiger partial charge in [-0.2, -0.15) is 0 Å². The van der Waals surface area contributed by atoms with Gasteiger partial charge in [-0.3, -0.25) is 4.79 Å². The lowest BCUT2D eigenvalue weighted by Gasteiger charge is -2.44. The number of nitrogens with zero attached hydrogens (tertiary/aromatic N) is 1. The highest BCUT2D eigenvalue weighted by molar-refractivity contribution is 5.76. The number of ether oxygens (including phenoxy) is 1. The third-order valence-electron chi connectivity index (χ3n) is 4.48. The van der Waals surface area contributed by atoms with E-state index in [1.165, 1.54) is 25.9 Å². The number of amides is 1. The van der Waals surface area contributed by atoms with Crippen LogP contribution in [0.1, 0.15) is 19.3 Å². The molecular formula is C16H23N3O2. The molecule has 1 unspecified atom stereocenters. The van der Waals surface area contributed by atoms with Crippen LogP contribution >= 0.6 is 0 Å². The average Bonchev–Trinajstić information content (AvgIpc) is 2.50. The Kier molecular flexibility index (Phi) is 4.29. The number of fused-ring (bicyclic) bond motifs is 3. The molecule has 3 saturated heterocycles. The van der Waals surface area contributed by atoms with Gasteiger partial charge in [0.25, 0.3) is 0 Å². The molecule has 3 fully saturated rings. The van der Waals surface area contributed by atoms with E-state index < -0.39 is 0 Å². The molecular weight excluding hydrogens is 266 g/mol. The fraction of sp³-hybridized carbons (Fsp3) is 0.562. The van der Waals surface area contributed by atoms with Gasteiger partial charge in [-0.25, -0.2) is 0 Å². The molecule has 0 aromatic heterocycles. The van der Waals surface area contributed by atoms with Gasteiger partial charge >= 0.3 is 0 Å². The largest absolute Gasteiger partial charge is 0.493 e. The zero-order valence-corrected chi connectivity index (χ0v) is 12.3. The maximum absolute atomic E-state index is 12.0. The summed E-state index contributed by atoms with van der Waals surface area (Å²) < 4.78 is 5.56. The lowest BCUT2D eigenvalue weighted by atomic mass is 9.84. The first-order valence-corrected chi connectivity index (χ1v) is 7.71. The second-order valence-corrected chi connectivity index (χ2v) is 5.98. The van der Waals surface area contributed by atoms with Gasteiger partial charge < -0.3 is 20.7 Å². The van der Waals surface area contributed by atoms with Gasteiger partial charge in [0.1, 0.15) is 5.75 Å². The number of hydrogen-bond donors (Lipinski definition) is 2. The Morgan fingerprint density at radius 1 is 1.29 bits per heavy atom. The fourth-order valence-corrected chi connectivity index (χ4v) is 3.23. The smallest absolute Gasteiger partial charge is 0.223 e. The highest BCUT2D eigenvalue weighted by Crippen LogP contribution is 2.27. The van der Waals surface area contributed by atoms with Crippen LogP contribution in [0.5, 0.6) is 5.75 Å². The number of hydrogen-bond acceptors (Lipinski definition) is 4. The van der Waals surface area contributed by atoms with Crippen LogP contribution < -0.4 is 15.8 Å². The normalized spacial score (nSPS) is 27.3. The third kappa shape index (κ3) is 3.67. The lowest BCUT2D eigenvalue weighted by Crippen LogP contribution is -2.57. The van der Waals surface area contributed by atoms with Crippen molar-refractivity contribution >= 4 is 11.6 Å². The Balaban J connectivity index is 1.39. The van der Waals surface area contributed by atoms with Crippen molar-refractivity contribution in [2.75, 3.05) is 32.0 Å². The summed E-state index contributed by atoms with van der Waals surface area (Å²) >= 11 is 0. The van der Waals surface area contributed by atoms with Crippen LogP contribution in [0.25, 0.3) is 0 Å². The van der Waals surface area contributed by atoms with Crippen molar-refractivity contribution in [1.82, 2.24) is 10.2 Å². The van der Waals surface area contributed by atoms with Gasteiger partial charge in [0, 0.05) is 18.3 Å². The topological polar surface area (TPSA) is 67.6 Å². The van der Waals surface area contributed by atoms with Crippen molar-refractivity contribution in [2.24, 2.45) is 5.92 Å². The Morgan fingerprint density at radius 3 is 2.62 bits per heavy atom. The molecule has 114 valence electrons. The van der Waals surface area contributed by atoms with Crippen molar-refractivity contribution in [2.45, 2.75) is 25.3 Å². The molecule has 3 aliphatic heterocycles. The first kappa shape index (κ1) is 14.2. The summed E-state index contributed by atoms with van der Waals surface area (Å²) in [7, 11) is 0. The first-order chi connectivity index (χ1) is 10.2. The number of carbonyl (C=O) groups is 1. The van der Waals surface area contributed by atoms with E-state index in [1.807, 2.05) is 12.1 Å². The molecule has 3 heterocycles. The summed E-state index contributed by atoms with van der Waals surface area (Å²) in [4.78, 5) is 14.4. The second-order valence-electron chi connectivity index (χ2n) is 5.98. The van der Waals surface area contributed by atoms with Crippen LogP contribution in [-0.4, -0.2) is 43.1 Å². The van der Waals surface area contributed by atoms with Gasteiger partial charge in [0.05, 0.1) is 13.0 Å². The number of carbonyl (C=O) groups excluding carboxylic acids is 1. The average molecular weight is 289 g/mol. The molecule has 1 aromatic carbocycles. The molecule has 3 aliphatic rings. The molecule has 2 bridgehead atoms. The fourth-order valence-electron chi connectivity index (χ4n) is 3.23.